The fourth-order valence-electron chi connectivity index (χ4n) is 2.34. The third kappa shape index (κ3) is 4.76. The van der Waals surface area contributed by atoms with E-state index in [1.807, 2.05) is 19.0 Å². The largest absolute Gasteiger partial charge is 0.493 e. The Kier molecular flexibility index (Phi) is 6.62. The van der Waals surface area contributed by atoms with Crippen molar-refractivity contribution in [3.8, 4) is 11.5 Å². The van der Waals surface area contributed by atoms with Gasteiger partial charge in [-0.3, -0.25) is 9.59 Å². The Hall–Kier alpha value is -3.00. The van der Waals surface area contributed by atoms with E-state index < -0.39 is 0 Å². The molecular formula is C18H24N4O4. The van der Waals surface area contributed by atoms with Crippen molar-refractivity contribution in [1.29, 1.82) is 0 Å². The van der Waals surface area contributed by atoms with Crippen molar-refractivity contribution >= 4 is 17.5 Å². The molecule has 0 atom stereocenters. The number of likely N-dealkylation sites (N-methyl/N-ethyl adjacent to an activating group) is 1. The third-order valence-corrected chi connectivity index (χ3v) is 3.68. The van der Waals surface area contributed by atoms with Crippen LogP contribution in [-0.2, 0) is 0 Å². The van der Waals surface area contributed by atoms with Crippen LogP contribution in [0.4, 0.5) is 5.69 Å². The zero-order valence-corrected chi connectivity index (χ0v) is 15.4. The summed E-state index contributed by atoms with van der Waals surface area (Å²) in [6, 6.07) is 6.51. The van der Waals surface area contributed by atoms with Gasteiger partial charge >= 0.3 is 0 Å². The van der Waals surface area contributed by atoms with Crippen LogP contribution < -0.4 is 20.1 Å². The number of rotatable bonds is 8. The minimum absolute atomic E-state index is 0.261. The number of aromatic amines is 1. The van der Waals surface area contributed by atoms with E-state index in [1.54, 1.807) is 30.5 Å². The molecule has 0 radical (unpaired) electrons. The summed E-state index contributed by atoms with van der Waals surface area (Å²) in [5.74, 6) is 0.0930. The summed E-state index contributed by atoms with van der Waals surface area (Å²) in [4.78, 5) is 29.5. The fraction of sp³-hybridized carbons (Fsp3) is 0.333. The van der Waals surface area contributed by atoms with E-state index in [4.69, 9.17) is 9.47 Å². The standard InChI is InChI=1S/C18H24N4O4/c1-22(2)9-8-20-17(23)12-10-14(16(26-4)15(11-12)25-3)21-18(24)13-6-5-7-19-13/h5-7,10-11,19H,8-9H2,1-4H3,(H,20,23)(H,21,24). The quantitative estimate of drug-likeness (QED) is 0.664. The monoisotopic (exact) mass is 360 g/mol. The first-order valence-electron chi connectivity index (χ1n) is 8.10. The molecule has 0 aliphatic carbocycles. The molecule has 3 N–H and O–H groups in total. The van der Waals surface area contributed by atoms with Crippen molar-refractivity contribution in [1.82, 2.24) is 15.2 Å². The number of methoxy groups -OCH3 is 2. The Morgan fingerprint density at radius 1 is 1.15 bits per heavy atom. The van der Waals surface area contributed by atoms with Gasteiger partial charge in [-0.15, -0.1) is 0 Å². The van der Waals surface area contributed by atoms with Gasteiger partial charge in [-0.05, 0) is 38.4 Å². The average Bonchev–Trinajstić information content (AvgIpc) is 3.15. The molecule has 0 saturated carbocycles. The Morgan fingerprint density at radius 2 is 1.92 bits per heavy atom. The predicted molar refractivity (Wildman–Crippen MR) is 99.2 cm³/mol. The number of ether oxygens (including phenoxy) is 2. The Morgan fingerprint density at radius 3 is 2.50 bits per heavy atom. The number of benzene rings is 1. The Labute approximate surface area is 152 Å². The molecule has 0 bridgehead atoms. The topological polar surface area (TPSA) is 95.7 Å². The average molecular weight is 360 g/mol. The lowest BCUT2D eigenvalue weighted by Gasteiger charge is -2.16. The van der Waals surface area contributed by atoms with E-state index in [9.17, 15) is 9.59 Å². The number of aromatic nitrogens is 1. The van der Waals surface area contributed by atoms with Crippen LogP contribution in [0.2, 0.25) is 0 Å². The molecule has 1 aromatic carbocycles. The number of hydrogen-bond donors (Lipinski definition) is 3. The lowest BCUT2D eigenvalue weighted by Crippen LogP contribution is -2.31. The molecule has 0 aliphatic rings. The van der Waals surface area contributed by atoms with Crippen LogP contribution in [0.15, 0.2) is 30.5 Å². The van der Waals surface area contributed by atoms with Crippen LogP contribution in [-0.4, -0.2) is 63.1 Å². The first kappa shape index (κ1) is 19.3. The summed E-state index contributed by atoms with van der Waals surface area (Å²) in [7, 11) is 6.80. The number of anilines is 1. The SMILES string of the molecule is COc1cc(C(=O)NCCN(C)C)cc(NC(=O)c2ccc[nH]2)c1OC. The summed E-state index contributed by atoms with van der Waals surface area (Å²) in [6.45, 7) is 1.22. The molecule has 2 amide bonds. The van der Waals surface area contributed by atoms with E-state index in [-0.39, 0.29) is 11.8 Å². The molecule has 2 aromatic rings. The van der Waals surface area contributed by atoms with Gasteiger partial charge in [0.1, 0.15) is 5.69 Å². The van der Waals surface area contributed by atoms with Gasteiger partial charge in [0.05, 0.1) is 19.9 Å². The number of carbonyl (C=O) groups excluding carboxylic acids is 2. The smallest absolute Gasteiger partial charge is 0.272 e. The highest BCUT2D eigenvalue weighted by molar-refractivity contribution is 6.05. The van der Waals surface area contributed by atoms with Gasteiger partial charge in [-0.25, -0.2) is 0 Å². The van der Waals surface area contributed by atoms with Crippen LogP contribution >= 0.6 is 0 Å². The molecule has 140 valence electrons. The Balaban J connectivity index is 2.27. The van der Waals surface area contributed by atoms with Crippen molar-refractivity contribution in [2.24, 2.45) is 0 Å². The Bertz CT molecular complexity index is 757. The molecule has 0 fully saturated rings. The molecule has 8 heteroatoms. The number of H-pyrrole nitrogens is 1. The number of amides is 2. The van der Waals surface area contributed by atoms with Gasteiger partial charge in [0.15, 0.2) is 11.5 Å². The van der Waals surface area contributed by atoms with Gasteiger partial charge in [0, 0.05) is 24.8 Å². The second-order valence-corrected chi connectivity index (χ2v) is 5.86. The van der Waals surface area contributed by atoms with E-state index in [0.29, 0.717) is 35.0 Å². The van der Waals surface area contributed by atoms with Crippen molar-refractivity contribution in [2.75, 3.05) is 46.7 Å². The number of nitrogens with one attached hydrogen (secondary N) is 3. The predicted octanol–water partition coefficient (Wildman–Crippen LogP) is 1.58. The first-order chi connectivity index (χ1) is 12.5. The molecule has 1 heterocycles. The second kappa shape index (κ2) is 8.91. The lowest BCUT2D eigenvalue weighted by atomic mass is 10.1. The summed E-state index contributed by atoms with van der Waals surface area (Å²) >= 11 is 0. The van der Waals surface area contributed by atoms with E-state index >= 15 is 0 Å². The normalized spacial score (nSPS) is 10.5. The highest BCUT2D eigenvalue weighted by Gasteiger charge is 2.18. The fourth-order valence-corrected chi connectivity index (χ4v) is 2.34. The van der Waals surface area contributed by atoms with Crippen LogP contribution in [0, 0.1) is 0 Å². The lowest BCUT2D eigenvalue weighted by molar-refractivity contribution is 0.0949. The van der Waals surface area contributed by atoms with Crippen molar-refractivity contribution in [2.45, 2.75) is 0 Å². The minimum Gasteiger partial charge on any atom is -0.493 e. The van der Waals surface area contributed by atoms with Crippen LogP contribution in [0.25, 0.3) is 0 Å². The molecule has 26 heavy (non-hydrogen) atoms. The number of carbonyl (C=O) groups is 2. The number of hydrogen-bond acceptors (Lipinski definition) is 5. The highest BCUT2D eigenvalue weighted by Crippen LogP contribution is 2.36. The van der Waals surface area contributed by atoms with Crippen LogP contribution in [0.5, 0.6) is 11.5 Å². The zero-order chi connectivity index (χ0) is 19.1. The molecular weight excluding hydrogens is 336 g/mol. The molecule has 2 rings (SSSR count). The van der Waals surface area contributed by atoms with E-state index in [2.05, 4.69) is 15.6 Å². The van der Waals surface area contributed by atoms with Crippen molar-refractivity contribution < 1.29 is 19.1 Å². The van der Waals surface area contributed by atoms with Gasteiger partial charge in [-0.1, -0.05) is 0 Å². The summed E-state index contributed by atoms with van der Waals surface area (Å²) in [5.41, 5.74) is 1.11. The highest BCUT2D eigenvalue weighted by atomic mass is 16.5. The third-order valence-electron chi connectivity index (χ3n) is 3.68. The molecule has 0 aliphatic heterocycles. The summed E-state index contributed by atoms with van der Waals surface area (Å²) in [5, 5.41) is 5.58. The maximum absolute atomic E-state index is 12.4. The van der Waals surface area contributed by atoms with E-state index in [0.717, 1.165) is 6.54 Å². The molecule has 8 nitrogen and oxygen atoms in total. The molecule has 0 unspecified atom stereocenters. The summed E-state index contributed by atoms with van der Waals surface area (Å²) < 4.78 is 10.7. The van der Waals surface area contributed by atoms with E-state index in [1.165, 1.54) is 14.2 Å². The maximum atomic E-state index is 12.4. The zero-order valence-electron chi connectivity index (χ0n) is 15.4. The second-order valence-electron chi connectivity index (χ2n) is 5.86. The van der Waals surface area contributed by atoms with Crippen molar-refractivity contribution in [3.05, 3.63) is 41.7 Å². The van der Waals surface area contributed by atoms with Crippen molar-refractivity contribution in [3.63, 3.8) is 0 Å². The summed E-state index contributed by atoms with van der Waals surface area (Å²) in [6.07, 6.45) is 1.65. The minimum atomic E-state index is -0.347. The van der Waals surface area contributed by atoms with Crippen LogP contribution in [0.3, 0.4) is 0 Å². The van der Waals surface area contributed by atoms with Gasteiger partial charge in [-0.2, -0.15) is 0 Å². The van der Waals surface area contributed by atoms with Gasteiger partial charge in [0.25, 0.3) is 11.8 Å². The number of nitrogens with zero attached hydrogens (tertiary/aromatic N) is 1. The molecule has 0 saturated heterocycles. The van der Waals surface area contributed by atoms with Gasteiger partial charge < -0.3 is 30.0 Å². The molecule has 1 aromatic heterocycles. The van der Waals surface area contributed by atoms with Crippen LogP contribution in [0.1, 0.15) is 20.8 Å². The molecule has 0 spiro atoms. The van der Waals surface area contributed by atoms with Gasteiger partial charge in [0.2, 0.25) is 0 Å². The first-order valence-corrected chi connectivity index (χ1v) is 8.10. The maximum Gasteiger partial charge on any atom is 0.272 e.